The molecule has 9 nitrogen and oxygen atoms in total. The number of aryl methyl sites for hydroxylation is 1. The van der Waals surface area contributed by atoms with Crippen LogP contribution >= 0.6 is 0 Å². The Morgan fingerprint density at radius 1 is 1.02 bits per heavy atom. The Hall–Kier alpha value is -2.93. The minimum atomic E-state index is -3.36. The molecule has 3 rings (SSSR count). The highest BCUT2D eigenvalue weighted by Crippen LogP contribution is 2.22. The number of nitrogens with two attached hydrogens (primary N) is 1. The molecule has 1 aliphatic carbocycles. The van der Waals surface area contributed by atoms with Crippen molar-refractivity contribution in [3.8, 4) is 0 Å². The van der Waals surface area contributed by atoms with Gasteiger partial charge in [0.1, 0.15) is 11.6 Å². The summed E-state index contributed by atoms with van der Waals surface area (Å²) in [5.41, 5.74) is 8.89. The molecule has 1 aromatic carbocycles. The summed E-state index contributed by atoms with van der Waals surface area (Å²) >= 11 is 0. The summed E-state index contributed by atoms with van der Waals surface area (Å²) in [6, 6.07) is 3.55. The van der Waals surface area contributed by atoms with E-state index in [1.165, 1.54) is 43.6 Å². The van der Waals surface area contributed by atoms with E-state index in [-0.39, 0.29) is 23.4 Å². The van der Waals surface area contributed by atoms with Gasteiger partial charge in [0.2, 0.25) is 5.91 Å². The molecule has 0 radical (unpaired) electrons. The second-order valence-corrected chi connectivity index (χ2v) is 15.1. The molecule has 1 aromatic rings. The van der Waals surface area contributed by atoms with E-state index in [9.17, 15) is 22.0 Å². The monoisotopic (exact) mass is 771 g/mol. The fourth-order valence-electron chi connectivity index (χ4n) is 5.71. The number of nitrogens with one attached hydrogen (secondary N) is 2. The zero-order valence-corrected chi connectivity index (χ0v) is 34.6. The second kappa shape index (κ2) is 33.6. The van der Waals surface area contributed by atoms with E-state index < -0.39 is 27.4 Å². The highest BCUT2D eigenvalue weighted by molar-refractivity contribution is 7.92. The molecule has 1 heterocycles. The van der Waals surface area contributed by atoms with E-state index in [0.29, 0.717) is 63.8 Å². The van der Waals surface area contributed by atoms with Gasteiger partial charge in [-0.15, -0.1) is 0 Å². The molecule has 12 heteroatoms. The summed E-state index contributed by atoms with van der Waals surface area (Å²) in [4.78, 5) is 23.9. The van der Waals surface area contributed by atoms with Crippen LogP contribution in [0, 0.1) is 17.6 Å². The Morgan fingerprint density at radius 3 is 2.06 bits per heavy atom. The number of sulfone groups is 1. The third kappa shape index (κ3) is 24.9. The van der Waals surface area contributed by atoms with Gasteiger partial charge in [0, 0.05) is 19.2 Å². The first-order valence-corrected chi connectivity index (χ1v) is 21.3. The minimum absolute atomic E-state index is 0.0729. The number of nitrogens with zero attached hydrogens (tertiary/aromatic N) is 1. The number of carbonyl (C=O) groups excluding carboxylic acids is 1. The summed E-state index contributed by atoms with van der Waals surface area (Å²) in [5.74, 6) is -1.70. The summed E-state index contributed by atoms with van der Waals surface area (Å²) in [6.45, 7) is 16.4. The molecule has 1 atom stereocenters. The van der Waals surface area contributed by atoms with Gasteiger partial charge < -0.3 is 26.4 Å². The van der Waals surface area contributed by atoms with Crippen molar-refractivity contribution in [3.05, 3.63) is 70.8 Å². The lowest BCUT2D eigenvalue weighted by Crippen LogP contribution is -2.43. The van der Waals surface area contributed by atoms with Gasteiger partial charge in [0.15, 0.2) is 9.84 Å². The van der Waals surface area contributed by atoms with E-state index in [4.69, 9.17) is 15.6 Å². The first kappa shape index (κ1) is 52.2. The Bertz CT molecular complexity index is 1270. The maximum absolute atomic E-state index is 13.7. The molecule has 2 aliphatic rings. The highest BCUT2D eigenvalue weighted by Gasteiger charge is 2.33. The Labute approximate surface area is 320 Å². The Kier molecular flexibility index (Phi) is 33.1. The second-order valence-electron chi connectivity index (χ2n) is 12.7. The predicted molar refractivity (Wildman–Crippen MR) is 218 cm³/mol. The largest absolute Gasteiger partial charge is 0.483 e. The summed E-state index contributed by atoms with van der Waals surface area (Å²) < 4.78 is 51.3. The van der Waals surface area contributed by atoms with Crippen LogP contribution in [0.1, 0.15) is 111 Å². The molecule has 53 heavy (non-hydrogen) atoms. The topological polar surface area (TPSA) is 142 Å². The van der Waals surface area contributed by atoms with E-state index in [1.54, 1.807) is 0 Å². The lowest BCUT2D eigenvalue weighted by Gasteiger charge is -2.29. The van der Waals surface area contributed by atoms with Crippen LogP contribution in [0.15, 0.2) is 53.6 Å². The van der Waals surface area contributed by atoms with Gasteiger partial charge in [0.05, 0.1) is 16.9 Å². The molecule has 306 valence electrons. The van der Waals surface area contributed by atoms with E-state index in [1.807, 2.05) is 52.6 Å². The predicted octanol–water partition coefficient (Wildman–Crippen LogP) is 7.62. The molecule has 5 N–H and O–H groups in total. The molecule has 0 aromatic heterocycles. The fourth-order valence-corrected chi connectivity index (χ4v) is 8.05. The molecular weight excluding hydrogens is 699 g/mol. The van der Waals surface area contributed by atoms with Crippen molar-refractivity contribution >= 4 is 22.2 Å². The van der Waals surface area contributed by atoms with Crippen molar-refractivity contribution < 1.29 is 31.9 Å². The molecule has 1 fully saturated rings. The molecule has 0 saturated carbocycles. The molecule has 1 unspecified atom stereocenters. The first-order valence-electron chi connectivity index (χ1n) is 19.6. The molecule has 1 saturated heterocycles. The number of hydrogen-bond acceptors (Lipinski definition) is 7. The van der Waals surface area contributed by atoms with Gasteiger partial charge in [0.25, 0.3) is 6.47 Å². The minimum Gasteiger partial charge on any atom is -0.483 e. The average Bonchev–Trinajstić information content (AvgIpc) is 3.66. The number of halogens is 2. The van der Waals surface area contributed by atoms with Crippen LogP contribution in [0.25, 0.3) is 0 Å². The molecule has 1 aliphatic heterocycles. The van der Waals surface area contributed by atoms with Crippen molar-refractivity contribution in [2.75, 3.05) is 52.1 Å². The SMILES string of the molecule is C1CCNC1.CC.CCCC(CCC)S(=O)(=O)CC(CCNC)C(=O)N(CCCN)CC1=CCC(CC)=CC=C1.CCc1cc(F)cc(F)c1.O=CO. The number of benzene rings is 1. The zero-order valence-electron chi connectivity index (χ0n) is 33.8. The van der Waals surface area contributed by atoms with Crippen molar-refractivity contribution in [2.45, 2.75) is 117 Å². The van der Waals surface area contributed by atoms with Crippen LogP contribution in [-0.2, 0) is 25.8 Å². The lowest BCUT2D eigenvalue weighted by molar-refractivity contribution is -0.134. The number of carbonyl (C=O) groups is 2. The number of carboxylic acid groups (broad SMARTS) is 1. The van der Waals surface area contributed by atoms with Gasteiger partial charge in [-0.25, -0.2) is 17.2 Å². The molecule has 1 amide bonds. The van der Waals surface area contributed by atoms with Gasteiger partial charge in [-0.1, -0.05) is 84.3 Å². The van der Waals surface area contributed by atoms with Crippen LogP contribution in [0.5, 0.6) is 0 Å². The van der Waals surface area contributed by atoms with Gasteiger partial charge in [-0.3, -0.25) is 9.59 Å². The van der Waals surface area contributed by atoms with Crippen LogP contribution in [-0.4, -0.2) is 88.1 Å². The van der Waals surface area contributed by atoms with Gasteiger partial charge in [-0.05, 0) is 114 Å². The lowest BCUT2D eigenvalue weighted by atomic mass is 10.0. The highest BCUT2D eigenvalue weighted by atomic mass is 32.2. The zero-order chi connectivity index (χ0) is 40.5. The molecule has 0 spiro atoms. The Balaban J connectivity index is 0. The molecule has 0 bridgehead atoms. The summed E-state index contributed by atoms with van der Waals surface area (Å²) in [5, 5.41) is 12.8. The quantitative estimate of drug-likeness (QED) is 0.112. The average molecular weight is 771 g/mol. The van der Waals surface area contributed by atoms with Crippen molar-refractivity contribution in [3.63, 3.8) is 0 Å². The third-order valence-corrected chi connectivity index (χ3v) is 10.9. The van der Waals surface area contributed by atoms with E-state index >= 15 is 0 Å². The van der Waals surface area contributed by atoms with E-state index in [2.05, 4.69) is 35.8 Å². The summed E-state index contributed by atoms with van der Waals surface area (Å²) in [6.07, 6.45) is 17.9. The number of rotatable bonds is 18. The van der Waals surface area contributed by atoms with Crippen molar-refractivity contribution in [1.82, 2.24) is 15.5 Å². The van der Waals surface area contributed by atoms with Crippen LogP contribution < -0.4 is 16.4 Å². The third-order valence-electron chi connectivity index (χ3n) is 8.58. The summed E-state index contributed by atoms with van der Waals surface area (Å²) in [7, 11) is -1.53. The van der Waals surface area contributed by atoms with Gasteiger partial charge >= 0.3 is 0 Å². The fraction of sp³-hybridized carbons (Fsp3) is 0.659. The maximum atomic E-state index is 13.7. The van der Waals surface area contributed by atoms with Crippen LogP contribution in [0.4, 0.5) is 8.78 Å². The van der Waals surface area contributed by atoms with Gasteiger partial charge in [-0.2, -0.15) is 0 Å². The van der Waals surface area contributed by atoms with Crippen LogP contribution in [0.2, 0.25) is 0 Å². The van der Waals surface area contributed by atoms with E-state index in [0.717, 1.165) is 37.3 Å². The van der Waals surface area contributed by atoms with Crippen LogP contribution in [0.3, 0.4) is 0 Å². The number of hydrogen-bond donors (Lipinski definition) is 4. The smallest absolute Gasteiger partial charge is 0.290 e. The first-order chi connectivity index (χ1) is 25.5. The van der Waals surface area contributed by atoms with Crippen molar-refractivity contribution in [1.29, 1.82) is 0 Å². The normalized spacial score (nSPS) is 13.9. The Morgan fingerprint density at radius 2 is 1.60 bits per heavy atom. The number of allylic oxidation sites excluding steroid dienone is 4. The standard InChI is InChI=1S/C26H47N3O3S.C8H8F2.C4H9N.C2H6.CH2O2/c1-5-10-25(11-6-2)33(31,32)21-24(16-18-28-4)26(30)29(19-9-17-27)20-23-13-8-12-22(7-3)14-15-23;1-2-6-3-7(9)5-8(10)4-6;1-2-4-5-3-1;1-2;2-1-3/h8,12-13,15,24-25,28H,5-7,9-11,14,16-21,27H2,1-4H3;3-5H,2H2,1H3;5H,1-4H2;1-2H3;1H,(H,2,3). The van der Waals surface area contributed by atoms with Crippen molar-refractivity contribution in [2.24, 2.45) is 11.7 Å². The molecular formula is C41H72F2N4O5S. The number of amides is 1. The maximum Gasteiger partial charge on any atom is 0.290 e.